The van der Waals surface area contributed by atoms with Crippen molar-refractivity contribution in [3.63, 3.8) is 0 Å². The third kappa shape index (κ3) is 2.67. The minimum atomic E-state index is -1.10. The normalized spacial score (nSPS) is 9.86. The zero-order valence-electron chi connectivity index (χ0n) is 7.58. The second-order valence-corrected chi connectivity index (χ2v) is 3.87. The number of rotatable bonds is 3. The van der Waals surface area contributed by atoms with E-state index in [1.54, 1.807) is 19.1 Å². The molecule has 0 atom stereocenters. The molecule has 74 valence electrons. The van der Waals surface area contributed by atoms with Gasteiger partial charge in [-0.05, 0) is 24.6 Å². The zero-order valence-corrected chi connectivity index (χ0v) is 9.17. The van der Waals surface area contributed by atoms with Crippen LogP contribution in [0, 0.1) is 6.92 Å². The number of halogens is 1. The van der Waals surface area contributed by atoms with E-state index < -0.39 is 12.4 Å². The van der Waals surface area contributed by atoms with Gasteiger partial charge in [-0.15, -0.1) is 0 Å². The van der Waals surface area contributed by atoms with Crippen LogP contribution in [0.1, 0.15) is 22.3 Å². The lowest BCUT2D eigenvalue weighted by atomic mass is 10.0. The van der Waals surface area contributed by atoms with Crippen LogP contribution in [0.25, 0.3) is 0 Å². The first-order valence-electron chi connectivity index (χ1n) is 4.02. The number of hydrogen-bond acceptors (Lipinski definition) is 2. The molecule has 1 aromatic carbocycles. The predicted octanol–water partition coefficient (Wildman–Crippen LogP) is 2.41. The Labute approximate surface area is 89.9 Å². The highest BCUT2D eigenvalue weighted by Crippen LogP contribution is 2.17. The Kier molecular flexibility index (Phi) is 3.41. The van der Waals surface area contributed by atoms with Crippen LogP contribution >= 0.6 is 15.9 Å². The number of ketones is 1. The number of carbonyl (C=O) groups is 2. The monoisotopic (exact) mass is 256 g/mol. The number of hydrogen-bond donors (Lipinski definition) is 1. The molecule has 0 heterocycles. The highest BCUT2D eigenvalue weighted by molar-refractivity contribution is 9.10. The lowest BCUT2D eigenvalue weighted by molar-refractivity contribution is -0.135. The van der Waals surface area contributed by atoms with Crippen LogP contribution in [-0.4, -0.2) is 16.9 Å². The molecule has 3 nitrogen and oxygen atoms in total. The molecule has 0 saturated heterocycles. The van der Waals surface area contributed by atoms with Crippen molar-refractivity contribution in [3.8, 4) is 0 Å². The fraction of sp³-hybridized carbons (Fsp3) is 0.200. The van der Waals surface area contributed by atoms with Gasteiger partial charge in [0.15, 0.2) is 5.78 Å². The summed E-state index contributed by atoms with van der Waals surface area (Å²) in [5.74, 6) is -1.47. The van der Waals surface area contributed by atoms with Crippen LogP contribution in [0.4, 0.5) is 0 Å². The van der Waals surface area contributed by atoms with E-state index in [9.17, 15) is 9.59 Å². The first-order chi connectivity index (χ1) is 6.50. The average Bonchev–Trinajstić information content (AvgIpc) is 2.08. The summed E-state index contributed by atoms with van der Waals surface area (Å²) in [6.07, 6.45) is -0.461. The Morgan fingerprint density at radius 1 is 1.43 bits per heavy atom. The zero-order chi connectivity index (χ0) is 10.7. The number of aryl methyl sites for hydroxylation is 1. The van der Waals surface area contributed by atoms with Gasteiger partial charge in [-0.25, -0.2) is 0 Å². The summed E-state index contributed by atoms with van der Waals surface area (Å²) in [4.78, 5) is 21.8. The maximum absolute atomic E-state index is 11.4. The van der Waals surface area contributed by atoms with Crippen molar-refractivity contribution in [2.45, 2.75) is 13.3 Å². The van der Waals surface area contributed by atoms with Crippen LogP contribution in [0.2, 0.25) is 0 Å². The summed E-state index contributed by atoms with van der Waals surface area (Å²) in [7, 11) is 0. The summed E-state index contributed by atoms with van der Waals surface area (Å²) >= 11 is 3.23. The summed E-state index contributed by atoms with van der Waals surface area (Å²) in [5, 5.41) is 8.47. The molecule has 0 aliphatic rings. The summed E-state index contributed by atoms with van der Waals surface area (Å²) in [6.45, 7) is 1.78. The molecule has 0 aliphatic heterocycles. The molecule has 0 fully saturated rings. The molecule has 0 bridgehead atoms. The molecule has 1 N–H and O–H groups in total. The molecule has 0 aromatic heterocycles. The van der Waals surface area contributed by atoms with Crippen molar-refractivity contribution >= 4 is 27.7 Å². The largest absolute Gasteiger partial charge is 0.481 e. The smallest absolute Gasteiger partial charge is 0.311 e. The van der Waals surface area contributed by atoms with Crippen molar-refractivity contribution in [3.05, 3.63) is 33.8 Å². The summed E-state index contributed by atoms with van der Waals surface area (Å²) in [6, 6.07) is 5.23. The van der Waals surface area contributed by atoms with E-state index in [0.29, 0.717) is 5.56 Å². The van der Waals surface area contributed by atoms with Crippen LogP contribution in [-0.2, 0) is 4.79 Å². The minimum absolute atomic E-state index is 0.365. The number of benzene rings is 1. The maximum atomic E-state index is 11.4. The number of carbonyl (C=O) groups excluding carboxylic acids is 1. The van der Waals surface area contributed by atoms with E-state index in [4.69, 9.17) is 5.11 Å². The van der Waals surface area contributed by atoms with Crippen LogP contribution in [0.5, 0.6) is 0 Å². The Morgan fingerprint density at radius 2 is 2.07 bits per heavy atom. The lowest BCUT2D eigenvalue weighted by Gasteiger charge is -2.03. The Bertz CT molecular complexity index is 385. The fourth-order valence-electron chi connectivity index (χ4n) is 1.13. The van der Waals surface area contributed by atoms with Crippen molar-refractivity contribution in [2.75, 3.05) is 0 Å². The predicted molar refractivity (Wildman–Crippen MR) is 55.5 cm³/mol. The van der Waals surface area contributed by atoms with E-state index in [2.05, 4.69) is 15.9 Å². The van der Waals surface area contributed by atoms with Gasteiger partial charge in [0, 0.05) is 10.0 Å². The van der Waals surface area contributed by atoms with E-state index in [1.807, 2.05) is 6.07 Å². The second kappa shape index (κ2) is 4.37. The Balaban J connectivity index is 3.00. The first kappa shape index (κ1) is 10.9. The van der Waals surface area contributed by atoms with Gasteiger partial charge in [0.2, 0.25) is 0 Å². The van der Waals surface area contributed by atoms with Crippen LogP contribution < -0.4 is 0 Å². The fourth-order valence-corrected chi connectivity index (χ4v) is 1.49. The molecule has 0 spiro atoms. The molecular formula is C10H9BrO3. The number of aliphatic carboxylic acids is 1. The number of Topliss-reactive ketones (excluding diaryl/α,β-unsaturated/α-hetero) is 1. The van der Waals surface area contributed by atoms with Crippen molar-refractivity contribution in [1.82, 2.24) is 0 Å². The summed E-state index contributed by atoms with van der Waals surface area (Å²) < 4.78 is 0.775. The number of carboxylic acid groups (broad SMARTS) is 1. The molecular weight excluding hydrogens is 248 g/mol. The van der Waals surface area contributed by atoms with Crippen molar-refractivity contribution in [2.24, 2.45) is 0 Å². The molecule has 0 amide bonds. The van der Waals surface area contributed by atoms with Crippen molar-refractivity contribution < 1.29 is 14.7 Å². The molecule has 0 unspecified atom stereocenters. The molecule has 4 heteroatoms. The average molecular weight is 257 g/mol. The third-order valence-corrected chi connectivity index (χ3v) is 2.31. The molecule has 1 aromatic rings. The van der Waals surface area contributed by atoms with Gasteiger partial charge in [-0.1, -0.05) is 22.0 Å². The highest BCUT2D eigenvalue weighted by Gasteiger charge is 2.12. The SMILES string of the molecule is Cc1ccc(Br)cc1C(=O)CC(=O)O. The van der Waals surface area contributed by atoms with E-state index in [-0.39, 0.29) is 5.78 Å². The topological polar surface area (TPSA) is 54.4 Å². The van der Waals surface area contributed by atoms with Gasteiger partial charge >= 0.3 is 5.97 Å². The molecule has 14 heavy (non-hydrogen) atoms. The molecule has 0 saturated carbocycles. The van der Waals surface area contributed by atoms with E-state index in [0.717, 1.165) is 10.0 Å². The van der Waals surface area contributed by atoms with Gasteiger partial charge in [0.05, 0.1) is 0 Å². The highest BCUT2D eigenvalue weighted by atomic mass is 79.9. The first-order valence-corrected chi connectivity index (χ1v) is 4.81. The quantitative estimate of drug-likeness (QED) is 0.668. The summed E-state index contributed by atoms with van der Waals surface area (Å²) in [5.41, 5.74) is 1.25. The number of carboxylic acids is 1. The van der Waals surface area contributed by atoms with Gasteiger partial charge in [-0.2, -0.15) is 0 Å². The molecule has 1 rings (SSSR count). The third-order valence-electron chi connectivity index (χ3n) is 1.81. The van der Waals surface area contributed by atoms with Gasteiger partial charge < -0.3 is 5.11 Å². The molecule has 0 radical (unpaired) electrons. The van der Waals surface area contributed by atoms with Crippen LogP contribution in [0.15, 0.2) is 22.7 Å². The lowest BCUT2D eigenvalue weighted by Crippen LogP contribution is -2.08. The molecule has 0 aliphatic carbocycles. The van der Waals surface area contributed by atoms with Crippen molar-refractivity contribution in [1.29, 1.82) is 0 Å². The van der Waals surface area contributed by atoms with E-state index >= 15 is 0 Å². The van der Waals surface area contributed by atoms with Crippen LogP contribution in [0.3, 0.4) is 0 Å². The Hall–Kier alpha value is -1.16. The van der Waals surface area contributed by atoms with Gasteiger partial charge in [0.1, 0.15) is 6.42 Å². The van der Waals surface area contributed by atoms with E-state index in [1.165, 1.54) is 0 Å². The second-order valence-electron chi connectivity index (χ2n) is 2.95. The standard InChI is InChI=1S/C10H9BrO3/c1-6-2-3-7(11)4-8(6)9(12)5-10(13)14/h2-4H,5H2,1H3,(H,13,14). The van der Waals surface area contributed by atoms with Gasteiger partial charge in [0.25, 0.3) is 0 Å². The Morgan fingerprint density at radius 3 is 2.64 bits per heavy atom. The maximum Gasteiger partial charge on any atom is 0.311 e. The minimum Gasteiger partial charge on any atom is -0.481 e. The van der Waals surface area contributed by atoms with Gasteiger partial charge in [-0.3, -0.25) is 9.59 Å².